The number of carbonyl (C=O) groups is 2. The molecular formula is C31H33F4NO4. The van der Waals surface area contributed by atoms with Crippen LogP contribution in [-0.2, 0) is 24.0 Å². The van der Waals surface area contributed by atoms with Crippen molar-refractivity contribution in [2.45, 2.75) is 65.8 Å². The molecule has 1 unspecified atom stereocenters. The van der Waals surface area contributed by atoms with Gasteiger partial charge in [0.2, 0.25) is 0 Å². The van der Waals surface area contributed by atoms with E-state index < -0.39 is 29.4 Å². The van der Waals surface area contributed by atoms with Crippen molar-refractivity contribution in [3.63, 3.8) is 0 Å². The fraction of sp³-hybridized carbons (Fsp3) is 0.355. The molecule has 3 aromatic rings. The van der Waals surface area contributed by atoms with Gasteiger partial charge in [-0.2, -0.15) is 13.2 Å². The summed E-state index contributed by atoms with van der Waals surface area (Å²) in [5, 5.41) is 12.3. The van der Waals surface area contributed by atoms with E-state index in [9.17, 15) is 32.3 Å². The van der Waals surface area contributed by atoms with Gasteiger partial charge in [0, 0.05) is 12.0 Å². The molecule has 0 heterocycles. The first-order valence-corrected chi connectivity index (χ1v) is 12.9. The zero-order valence-electron chi connectivity index (χ0n) is 22.9. The molecule has 5 nitrogen and oxygen atoms in total. The highest BCUT2D eigenvalue weighted by Crippen LogP contribution is 2.32. The third-order valence-corrected chi connectivity index (χ3v) is 6.33. The Labute approximate surface area is 231 Å². The lowest BCUT2D eigenvalue weighted by molar-refractivity contribution is -0.140. The number of amides is 1. The van der Waals surface area contributed by atoms with Gasteiger partial charge in [-0.15, -0.1) is 0 Å². The third-order valence-electron chi connectivity index (χ3n) is 6.33. The van der Waals surface area contributed by atoms with Gasteiger partial charge >= 0.3 is 12.1 Å². The van der Waals surface area contributed by atoms with E-state index in [4.69, 9.17) is 4.74 Å². The van der Waals surface area contributed by atoms with Crippen LogP contribution in [0.1, 0.15) is 76.5 Å². The van der Waals surface area contributed by atoms with Gasteiger partial charge in [0.15, 0.2) is 0 Å². The summed E-state index contributed by atoms with van der Waals surface area (Å²) >= 11 is 0. The average molecular weight is 560 g/mol. The van der Waals surface area contributed by atoms with Crippen molar-refractivity contribution in [2.24, 2.45) is 5.92 Å². The van der Waals surface area contributed by atoms with Gasteiger partial charge in [0.05, 0.1) is 11.6 Å². The number of carboxylic acids is 1. The number of ether oxygens (including phenoxy) is 1. The number of halogens is 4. The summed E-state index contributed by atoms with van der Waals surface area (Å²) in [5.41, 5.74) is 2.50. The average Bonchev–Trinajstić information content (AvgIpc) is 2.85. The SMILES string of the molecule is Cc1cc(C)cc(C(CC(C)C)NC(=O)c2cc(OCc3ccc(F)c(C(F)(F)F)c3)ccc2CCC(=O)O)c1. The largest absolute Gasteiger partial charge is 0.489 e. The van der Waals surface area contributed by atoms with Crippen LogP contribution in [0.4, 0.5) is 17.6 Å². The maximum absolute atomic E-state index is 13.6. The molecule has 0 saturated heterocycles. The van der Waals surface area contributed by atoms with E-state index in [2.05, 4.69) is 5.32 Å². The van der Waals surface area contributed by atoms with Crippen LogP contribution in [-0.4, -0.2) is 17.0 Å². The smallest absolute Gasteiger partial charge is 0.419 e. The van der Waals surface area contributed by atoms with Crippen molar-refractivity contribution in [3.8, 4) is 5.75 Å². The fourth-order valence-electron chi connectivity index (χ4n) is 4.56. The molecule has 40 heavy (non-hydrogen) atoms. The molecule has 0 aliphatic heterocycles. The van der Waals surface area contributed by atoms with Crippen LogP contribution in [0.2, 0.25) is 0 Å². The summed E-state index contributed by atoms with van der Waals surface area (Å²) in [6.45, 7) is 7.77. The summed E-state index contributed by atoms with van der Waals surface area (Å²) in [5.74, 6) is -2.34. The second-order valence-electron chi connectivity index (χ2n) is 10.4. The van der Waals surface area contributed by atoms with Crippen LogP contribution in [0.3, 0.4) is 0 Å². The lowest BCUT2D eigenvalue weighted by Gasteiger charge is -2.23. The third kappa shape index (κ3) is 8.56. The molecule has 0 fully saturated rings. The maximum atomic E-state index is 13.6. The Morgan fingerprint density at radius 2 is 1.65 bits per heavy atom. The first kappa shape index (κ1) is 30.7. The molecule has 0 spiro atoms. The second-order valence-corrected chi connectivity index (χ2v) is 10.4. The Bertz CT molecular complexity index is 1350. The number of aliphatic carboxylic acids is 1. The zero-order chi connectivity index (χ0) is 29.6. The van der Waals surface area contributed by atoms with E-state index in [1.807, 2.05) is 45.9 Å². The highest BCUT2D eigenvalue weighted by atomic mass is 19.4. The molecule has 1 amide bonds. The molecule has 2 N–H and O–H groups in total. The Hall–Kier alpha value is -3.88. The number of aryl methyl sites for hydroxylation is 3. The molecule has 3 rings (SSSR count). The molecule has 0 aliphatic carbocycles. The van der Waals surface area contributed by atoms with Gasteiger partial charge in [-0.05, 0) is 73.6 Å². The fourth-order valence-corrected chi connectivity index (χ4v) is 4.56. The summed E-state index contributed by atoms with van der Waals surface area (Å²) < 4.78 is 58.6. The Balaban J connectivity index is 1.90. The van der Waals surface area contributed by atoms with Crippen LogP contribution in [0.5, 0.6) is 5.75 Å². The quantitative estimate of drug-likeness (QED) is 0.238. The number of benzene rings is 3. The Kier molecular flexibility index (Phi) is 9.95. The van der Waals surface area contributed by atoms with Crippen LogP contribution >= 0.6 is 0 Å². The summed E-state index contributed by atoms with van der Waals surface area (Å²) in [6, 6.07) is 12.9. The minimum Gasteiger partial charge on any atom is -0.489 e. The van der Waals surface area contributed by atoms with E-state index in [-0.39, 0.29) is 48.3 Å². The number of hydrogen-bond acceptors (Lipinski definition) is 3. The van der Waals surface area contributed by atoms with E-state index in [1.54, 1.807) is 6.07 Å². The van der Waals surface area contributed by atoms with Crippen molar-refractivity contribution in [1.82, 2.24) is 5.32 Å². The Morgan fingerprint density at radius 1 is 0.975 bits per heavy atom. The second kappa shape index (κ2) is 13.0. The normalized spacial score (nSPS) is 12.3. The molecule has 0 saturated carbocycles. The van der Waals surface area contributed by atoms with Gasteiger partial charge in [-0.3, -0.25) is 9.59 Å². The van der Waals surface area contributed by atoms with Crippen molar-refractivity contribution in [1.29, 1.82) is 0 Å². The molecule has 0 aliphatic rings. The van der Waals surface area contributed by atoms with E-state index in [0.29, 0.717) is 18.1 Å². The molecule has 214 valence electrons. The minimum absolute atomic E-state index is 0.0986. The number of carboxylic acid groups (broad SMARTS) is 1. The van der Waals surface area contributed by atoms with Crippen molar-refractivity contribution < 1.29 is 37.0 Å². The first-order valence-electron chi connectivity index (χ1n) is 12.9. The van der Waals surface area contributed by atoms with Gasteiger partial charge < -0.3 is 15.2 Å². The monoisotopic (exact) mass is 559 g/mol. The maximum Gasteiger partial charge on any atom is 0.419 e. The molecule has 9 heteroatoms. The lowest BCUT2D eigenvalue weighted by Crippen LogP contribution is -2.30. The molecule has 1 atom stereocenters. The van der Waals surface area contributed by atoms with E-state index in [0.717, 1.165) is 22.8 Å². The molecule has 0 bridgehead atoms. The standard InChI is InChI=1S/C31H33F4NO4/c1-18(2)11-28(23-13-19(3)12-20(4)14-23)36-30(39)25-16-24(8-6-22(25)7-10-29(37)38)40-17-21-5-9-27(32)26(15-21)31(33,34)35/h5-6,8-9,12-16,18,28H,7,10-11,17H2,1-4H3,(H,36,39)(H,37,38). The summed E-state index contributed by atoms with van der Waals surface area (Å²) in [7, 11) is 0. The van der Waals surface area contributed by atoms with Crippen LogP contribution in [0, 0.1) is 25.6 Å². The van der Waals surface area contributed by atoms with Gasteiger partial charge in [-0.1, -0.05) is 55.3 Å². The lowest BCUT2D eigenvalue weighted by atomic mass is 9.93. The van der Waals surface area contributed by atoms with E-state index >= 15 is 0 Å². The van der Waals surface area contributed by atoms with Crippen LogP contribution in [0.25, 0.3) is 0 Å². The highest BCUT2D eigenvalue weighted by molar-refractivity contribution is 5.96. The van der Waals surface area contributed by atoms with Crippen molar-refractivity contribution in [2.75, 3.05) is 0 Å². The molecular weight excluding hydrogens is 526 g/mol. The minimum atomic E-state index is -4.85. The molecule has 3 aromatic carbocycles. The van der Waals surface area contributed by atoms with Crippen LogP contribution in [0.15, 0.2) is 54.6 Å². The summed E-state index contributed by atoms with van der Waals surface area (Å²) in [4.78, 5) is 24.8. The number of carbonyl (C=O) groups excluding carboxylic acids is 1. The number of nitrogens with one attached hydrogen (secondary N) is 1. The van der Waals surface area contributed by atoms with Gasteiger partial charge in [-0.25, -0.2) is 4.39 Å². The van der Waals surface area contributed by atoms with Crippen LogP contribution < -0.4 is 10.1 Å². The first-order chi connectivity index (χ1) is 18.7. The molecule has 0 radical (unpaired) electrons. The number of hydrogen-bond donors (Lipinski definition) is 2. The molecule has 0 aromatic heterocycles. The van der Waals surface area contributed by atoms with Gasteiger partial charge in [0.1, 0.15) is 18.2 Å². The van der Waals surface area contributed by atoms with E-state index in [1.165, 1.54) is 18.2 Å². The Morgan fingerprint density at radius 3 is 2.25 bits per heavy atom. The topological polar surface area (TPSA) is 75.6 Å². The zero-order valence-corrected chi connectivity index (χ0v) is 22.9. The predicted octanol–water partition coefficient (Wildman–Crippen LogP) is 7.57. The highest BCUT2D eigenvalue weighted by Gasteiger charge is 2.34. The summed E-state index contributed by atoms with van der Waals surface area (Å²) in [6.07, 6.45) is -4.27. The number of rotatable bonds is 11. The van der Waals surface area contributed by atoms with Crippen molar-refractivity contribution in [3.05, 3.63) is 99.4 Å². The van der Waals surface area contributed by atoms with Gasteiger partial charge in [0.25, 0.3) is 5.91 Å². The number of alkyl halides is 3. The predicted molar refractivity (Wildman–Crippen MR) is 144 cm³/mol. The van der Waals surface area contributed by atoms with Crippen molar-refractivity contribution >= 4 is 11.9 Å².